The third-order valence-corrected chi connectivity index (χ3v) is 3.71. The van der Waals surface area contributed by atoms with Gasteiger partial charge in [-0.05, 0) is 50.0 Å². The highest BCUT2D eigenvalue weighted by Crippen LogP contribution is 2.21. The van der Waals surface area contributed by atoms with Crippen LogP contribution in [0.3, 0.4) is 0 Å². The van der Waals surface area contributed by atoms with E-state index in [0.29, 0.717) is 18.0 Å². The SMILES string of the molecule is O=C(NCC1CCNCC1)c1cc(Br)ccc1O. The zero-order valence-electron chi connectivity index (χ0n) is 10.1. The van der Waals surface area contributed by atoms with Crippen molar-refractivity contribution >= 4 is 21.8 Å². The van der Waals surface area contributed by atoms with E-state index >= 15 is 0 Å². The van der Waals surface area contributed by atoms with Gasteiger partial charge in [0.2, 0.25) is 0 Å². The van der Waals surface area contributed by atoms with Crippen LogP contribution in [-0.4, -0.2) is 30.6 Å². The maximum atomic E-state index is 12.0. The standard InChI is InChI=1S/C13H17BrN2O2/c14-10-1-2-12(17)11(7-10)13(18)16-8-9-3-5-15-6-4-9/h1-2,7,9,15,17H,3-6,8H2,(H,16,18). The van der Waals surface area contributed by atoms with Crippen LogP contribution >= 0.6 is 15.9 Å². The third-order valence-electron chi connectivity index (χ3n) is 3.21. The van der Waals surface area contributed by atoms with Crippen LogP contribution in [0.15, 0.2) is 22.7 Å². The number of hydrogen-bond acceptors (Lipinski definition) is 3. The molecule has 1 saturated heterocycles. The van der Waals surface area contributed by atoms with E-state index in [9.17, 15) is 9.90 Å². The molecule has 18 heavy (non-hydrogen) atoms. The first-order valence-corrected chi connectivity index (χ1v) is 6.93. The maximum absolute atomic E-state index is 12.0. The monoisotopic (exact) mass is 312 g/mol. The summed E-state index contributed by atoms with van der Waals surface area (Å²) in [4.78, 5) is 12.0. The van der Waals surface area contributed by atoms with Crippen LogP contribution in [0.25, 0.3) is 0 Å². The van der Waals surface area contributed by atoms with Gasteiger partial charge in [-0.3, -0.25) is 4.79 Å². The van der Waals surface area contributed by atoms with Crippen molar-refractivity contribution in [1.29, 1.82) is 0 Å². The molecule has 5 heteroatoms. The molecule has 0 atom stereocenters. The summed E-state index contributed by atoms with van der Waals surface area (Å²) in [5, 5.41) is 15.8. The van der Waals surface area contributed by atoms with E-state index < -0.39 is 0 Å². The number of phenolic OH excluding ortho intramolecular Hbond substituents is 1. The largest absolute Gasteiger partial charge is 0.507 e. The smallest absolute Gasteiger partial charge is 0.255 e. The number of carbonyl (C=O) groups excluding carboxylic acids is 1. The average Bonchev–Trinajstić information content (AvgIpc) is 2.40. The fourth-order valence-electron chi connectivity index (χ4n) is 2.11. The topological polar surface area (TPSA) is 61.4 Å². The Hall–Kier alpha value is -1.07. The van der Waals surface area contributed by atoms with Crippen molar-refractivity contribution in [3.63, 3.8) is 0 Å². The molecule has 0 saturated carbocycles. The molecular weight excluding hydrogens is 296 g/mol. The third kappa shape index (κ3) is 3.46. The Morgan fingerprint density at radius 1 is 1.44 bits per heavy atom. The minimum atomic E-state index is -0.215. The summed E-state index contributed by atoms with van der Waals surface area (Å²) in [6.45, 7) is 2.71. The van der Waals surface area contributed by atoms with E-state index in [1.165, 1.54) is 6.07 Å². The molecule has 1 heterocycles. The van der Waals surface area contributed by atoms with Crippen LogP contribution in [0.1, 0.15) is 23.2 Å². The predicted molar refractivity (Wildman–Crippen MR) is 73.7 cm³/mol. The minimum Gasteiger partial charge on any atom is -0.507 e. The molecule has 0 spiro atoms. The highest BCUT2D eigenvalue weighted by Gasteiger charge is 2.16. The molecule has 0 aromatic heterocycles. The summed E-state index contributed by atoms with van der Waals surface area (Å²) < 4.78 is 0.785. The van der Waals surface area contributed by atoms with Crippen molar-refractivity contribution in [3.05, 3.63) is 28.2 Å². The molecule has 0 unspecified atom stereocenters. The number of nitrogens with one attached hydrogen (secondary N) is 2. The number of amides is 1. The second-order valence-corrected chi connectivity index (χ2v) is 5.48. The van der Waals surface area contributed by atoms with Gasteiger partial charge in [0.05, 0.1) is 5.56 Å². The Bertz CT molecular complexity index is 431. The molecule has 98 valence electrons. The molecule has 1 aliphatic heterocycles. The Balaban J connectivity index is 1.92. The van der Waals surface area contributed by atoms with Gasteiger partial charge in [-0.2, -0.15) is 0 Å². The first-order chi connectivity index (χ1) is 8.66. The van der Waals surface area contributed by atoms with Gasteiger partial charge < -0.3 is 15.7 Å². The molecule has 1 amide bonds. The van der Waals surface area contributed by atoms with Gasteiger partial charge in [0, 0.05) is 11.0 Å². The highest BCUT2D eigenvalue weighted by atomic mass is 79.9. The molecular formula is C13H17BrN2O2. The number of hydrogen-bond donors (Lipinski definition) is 3. The quantitative estimate of drug-likeness (QED) is 0.798. The molecule has 1 fully saturated rings. The molecule has 0 radical (unpaired) electrons. The van der Waals surface area contributed by atoms with Crippen LogP contribution in [0.5, 0.6) is 5.75 Å². The van der Waals surface area contributed by atoms with Gasteiger partial charge in [0.15, 0.2) is 0 Å². The highest BCUT2D eigenvalue weighted by molar-refractivity contribution is 9.10. The number of piperidine rings is 1. The van der Waals surface area contributed by atoms with E-state index in [4.69, 9.17) is 0 Å². The van der Waals surface area contributed by atoms with Gasteiger partial charge in [0.25, 0.3) is 5.91 Å². The summed E-state index contributed by atoms with van der Waals surface area (Å²) in [5.41, 5.74) is 0.318. The van der Waals surface area contributed by atoms with Gasteiger partial charge >= 0.3 is 0 Å². The molecule has 4 nitrogen and oxygen atoms in total. The van der Waals surface area contributed by atoms with Crippen molar-refractivity contribution in [2.45, 2.75) is 12.8 Å². The summed E-state index contributed by atoms with van der Waals surface area (Å²) in [5.74, 6) is 0.331. The zero-order chi connectivity index (χ0) is 13.0. The van der Waals surface area contributed by atoms with Crippen LogP contribution < -0.4 is 10.6 Å². The number of rotatable bonds is 3. The Kier molecular flexibility index (Phi) is 4.60. The van der Waals surface area contributed by atoms with E-state index in [2.05, 4.69) is 26.6 Å². The van der Waals surface area contributed by atoms with Crippen LogP contribution in [-0.2, 0) is 0 Å². The molecule has 0 bridgehead atoms. The lowest BCUT2D eigenvalue weighted by Gasteiger charge is -2.22. The molecule has 1 aromatic rings. The van der Waals surface area contributed by atoms with Gasteiger partial charge in [-0.15, -0.1) is 0 Å². The van der Waals surface area contributed by atoms with Crippen molar-refractivity contribution in [1.82, 2.24) is 10.6 Å². The second-order valence-electron chi connectivity index (χ2n) is 4.56. The van der Waals surface area contributed by atoms with Crippen LogP contribution in [0, 0.1) is 5.92 Å². The molecule has 0 aliphatic carbocycles. The Labute approximate surface area is 115 Å². The van der Waals surface area contributed by atoms with E-state index in [0.717, 1.165) is 30.4 Å². The van der Waals surface area contributed by atoms with Crippen molar-refractivity contribution in [3.8, 4) is 5.75 Å². The van der Waals surface area contributed by atoms with E-state index in [1.807, 2.05) is 0 Å². The average molecular weight is 313 g/mol. The lowest BCUT2D eigenvalue weighted by atomic mass is 9.98. The first-order valence-electron chi connectivity index (χ1n) is 6.14. The minimum absolute atomic E-state index is 0.0148. The normalized spacial score (nSPS) is 16.5. The summed E-state index contributed by atoms with van der Waals surface area (Å²) in [6, 6.07) is 4.86. The fourth-order valence-corrected chi connectivity index (χ4v) is 2.47. The fraction of sp³-hybridized carbons (Fsp3) is 0.462. The Morgan fingerprint density at radius 3 is 2.89 bits per heavy atom. The lowest BCUT2D eigenvalue weighted by molar-refractivity contribution is 0.0941. The maximum Gasteiger partial charge on any atom is 0.255 e. The van der Waals surface area contributed by atoms with E-state index in [1.54, 1.807) is 12.1 Å². The first kappa shape index (κ1) is 13.4. The summed E-state index contributed by atoms with van der Waals surface area (Å²) >= 11 is 3.29. The van der Waals surface area contributed by atoms with Crippen molar-refractivity contribution in [2.24, 2.45) is 5.92 Å². The van der Waals surface area contributed by atoms with Crippen LogP contribution in [0.4, 0.5) is 0 Å². The number of carbonyl (C=O) groups is 1. The summed E-state index contributed by atoms with van der Waals surface area (Å²) in [6.07, 6.45) is 2.18. The predicted octanol–water partition coefficient (Wildman–Crippen LogP) is 1.88. The molecule has 1 aromatic carbocycles. The van der Waals surface area contributed by atoms with Crippen LogP contribution in [0.2, 0.25) is 0 Å². The van der Waals surface area contributed by atoms with Crippen molar-refractivity contribution in [2.75, 3.05) is 19.6 Å². The number of benzene rings is 1. The van der Waals surface area contributed by atoms with Gasteiger partial charge in [0.1, 0.15) is 5.75 Å². The number of aromatic hydroxyl groups is 1. The van der Waals surface area contributed by atoms with Gasteiger partial charge in [-0.25, -0.2) is 0 Å². The Morgan fingerprint density at radius 2 is 2.17 bits per heavy atom. The van der Waals surface area contributed by atoms with Gasteiger partial charge in [-0.1, -0.05) is 15.9 Å². The summed E-state index contributed by atoms with van der Waals surface area (Å²) in [7, 11) is 0. The molecule has 2 rings (SSSR count). The zero-order valence-corrected chi connectivity index (χ0v) is 11.7. The number of phenols is 1. The lowest BCUT2D eigenvalue weighted by Crippen LogP contribution is -2.36. The van der Waals surface area contributed by atoms with E-state index in [-0.39, 0.29) is 11.7 Å². The number of halogens is 1. The van der Waals surface area contributed by atoms with Crippen molar-refractivity contribution < 1.29 is 9.90 Å². The molecule has 3 N–H and O–H groups in total. The second kappa shape index (κ2) is 6.20. The molecule has 1 aliphatic rings.